The first kappa shape index (κ1) is 21.7. The fraction of sp³-hybridized carbons (Fsp3) is 0.286. The molecule has 0 atom stereocenters. The lowest BCUT2D eigenvalue weighted by Crippen LogP contribution is -2.27. The van der Waals surface area contributed by atoms with Crippen molar-refractivity contribution in [2.24, 2.45) is 0 Å². The summed E-state index contributed by atoms with van der Waals surface area (Å²) < 4.78 is 10.0. The average molecular weight is 399 g/mol. The van der Waals surface area contributed by atoms with E-state index >= 15 is 0 Å². The van der Waals surface area contributed by atoms with Gasteiger partial charge in [-0.2, -0.15) is 0 Å². The van der Waals surface area contributed by atoms with Crippen LogP contribution >= 0.6 is 0 Å². The molecule has 3 N–H and O–H groups in total. The van der Waals surface area contributed by atoms with Crippen LogP contribution in [0.4, 0.5) is 26.7 Å². The third-order valence-electron chi connectivity index (χ3n) is 3.43. The van der Waals surface area contributed by atoms with Gasteiger partial charge in [0.05, 0.1) is 6.61 Å². The van der Waals surface area contributed by atoms with E-state index in [1.807, 2.05) is 0 Å². The van der Waals surface area contributed by atoms with Crippen molar-refractivity contribution in [1.29, 1.82) is 0 Å². The second kappa shape index (κ2) is 9.59. The number of ether oxygens (including phenoxy) is 2. The summed E-state index contributed by atoms with van der Waals surface area (Å²) in [6.45, 7) is 7.30. The van der Waals surface area contributed by atoms with Crippen LogP contribution in [0.15, 0.2) is 48.5 Å². The smallest absolute Gasteiger partial charge is 0.412 e. The SMILES string of the molecule is CCOC(=O)Nc1cccc(C(=O)Nc2ccc(NC(=O)OC(C)(C)C)cc2)c1. The van der Waals surface area contributed by atoms with Gasteiger partial charge in [-0.05, 0) is 70.2 Å². The predicted molar refractivity (Wildman–Crippen MR) is 111 cm³/mol. The second-order valence-corrected chi connectivity index (χ2v) is 7.08. The Labute approximate surface area is 169 Å². The highest BCUT2D eigenvalue weighted by Gasteiger charge is 2.16. The lowest BCUT2D eigenvalue weighted by molar-refractivity contribution is 0.0635. The van der Waals surface area contributed by atoms with E-state index in [-0.39, 0.29) is 12.5 Å². The highest BCUT2D eigenvalue weighted by atomic mass is 16.6. The summed E-state index contributed by atoms with van der Waals surface area (Å²) in [5.74, 6) is -0.342. The van der Waals surface area contributed by atoms with Crippen molar-refractivity contribution in [3.8, 4) is 0 Å². The maximum Gasteiger partial charge on any atom is 0.412 e. The van der Waals surface area contributed by atoms with Crippen LogP contribution in [-0.4, -0.2) is 30.3 Å². The number of anilines is 3. The highest BCUT2D eigenvalue weighted by molar-refractivity contribution is 6.05. The Morgan fingerprint density at radius 2 is 1.41 bits per heavy atom. The summed E-state index contributed by atoms with van der Waals surface area (Å²) in [6, 6.07) is 13.1. The van der Waals surface area contributed by atoms with Gasteiger partial charge in [0, 0.05) is 22.6 Å². The first-order valence-corrected chi connectivity index (χ1v) is 9.11. The van der Waals surface area contributed by atoms with E-state index in [4.69, 9.17) is 9.47 Å². The van der Waals surface area contributed by atoms with E-state index in [0.29, 0.717) is 22.6 Å². The molecule has 2 aromatic carbocycles. The van der Waals surface area contributed by atoms with E-state index < -0.39 is 17.8 Å². The third-order valence-corrected chi connectivity index (χ3v) is 3.43. The molecule has 0 bridgehead atoms. The largest absolute Gasteiger partial charge is 0.450 e. The third kappa shape index (κ3) is 7.53. The van der Waals surface area contributed by atoms with Gasteiger partial charge in [-0.15, -0.1) is 0 Å². The number of amides is 3. The summed E-state index contributed by atoms with van der Waals surface area (Å²) in [7, 11) is 0. The molecule has 2 rings (SSSR count). The fourth-order valence-electron chi connectivity index (χ4n) is 2.28. The van der Waals surface area contributed by atoms with E-state index in [1.54, 1.807) is 76.2 Å². The molecule has 154 valence electrons. The van der Waals surface area contributed by atoms with E-state index in [0.717, 1.165) is 0 Å². The van der Waals surface area contributed by atoms with Crippen molar-refractivity contribution in [3.63, 3.8) is 0 Å². The molecule has 0 unspecified atom stereocenters. The van der Waals surface area contributed by atoms with Crippen LogP contribution in [0.5, 0.6) is 0 Å². The number of benzene rings is 2. The Hall–Kier alpha value is -3.55. The van der Waals surface area contributed by atoms with Crippen LogP contribution < -0.4 is 16.0 Å². The van der Waals surface area contributed by atoms with Crippen LogP contribution in [0.1, 0.15) is 38.1 Å². The van der Waals surface area contributed by atoms with Crippen molar-refractivity contribution in [2.75, 3.05) is 22.6 Å². The number of nitrogens with one attached hydrogen (secondary N) is 3. The van der Waals surface area contributed by atoms with Gasteiger partial charge in [0.25, 0.3) is 5.91 Å². The zero-order chi connectivity index (χ0) is 21.4. The minimum atomic E-state index is -0.589. The van der Waals surface area contributed by atoms with Crippen LogP contribution in [-0.2, 0) is 9.47 Å². The molecule has 29 heavy (non-hydrogen) atoms. The molecule has 0 aromatic heterocycles. The van der Waals surface area contributed by atoms with Crippen LogP contribution in [0, 0.1) is 0 Å². The minimum absolute atomic E-state index is 0.255. The van der Waals surface area contributed by atoms with Crippen molar-refractivity contribution in [3.05, 3.63) is 54.1 Å². The molecular weight excluding hydrogens is 374 g/mol. The van der Waals surface area contributed by atoms with Gasteiger partial charge in [-0.1, -0.05) is 6.07 Å². The summed E-state index contributed by atoms with van der Waals surface area (Å²) in [4.78, 5) is 35.7. The summed E-state index contributed by atoms with van der Waals surface area (Å²) in [6.07, 6.45) is -1.14. The molecule has 0 aliphatic rings. The molecule has 0 saturated heterocycles. The molecule has 3 amide bonds. The van der Waals surface area contributed by atoms with E-state index in [1.165, 1.54) is 0 Å². The summed E-state index contributed by atoms with van der Waals surface area (Å²) >= 11 is 0. The lowest BCUT2D eigenvalue weighted by atomic mass is 10.2. The van der Waals surface area contributed by atoms with Crippen LogP contribution in [0.25, 0.3) is 0 Å². The number of hydrogen-bond acceptors (Lipinski definition) is 5. The van der Waals surface area contributed by atoms with Gasteiger partial charge >= 0.3 is 12.2 Å². The molecule has 0 heterocycles. The molecule has 8 heteroatoms. The first-order chi connectivity index (χ1) is 13.7. The zero-order valence-corrected chi connectivity index (χ0v) is 16.9. The maximum absolute atomic E-state index is 12.5. The van der Waals surface area contributed by atoms with Gasteiger partial charge in [0.15, 0.2) is 0 Å². The number of carbonyl (C=O) groups excluding carboxylic acids is 3. The fourth-order valence-corrected chi connectivity index (χ4v) is 2.28. The average Bonchev–Trinajstić information content (AvgIpc) is 2.62. The van der Waals surface area contributed by atoms with Crippen LogP contribution in [0.3, 0.4) is 0 Å². The second-order valence-electron chi connectivity index (χ2n) is 7.08. The summed E-state index contributed by atoms with van der Waals surface area (Å²) in [5.41, 5.74) is 1.32. The number of hydrogen-bond donors (Lipinski definition) is 3. The van der Waals surface area contributed by atoms with Gasteiger partial charge in [-0.25, -0.2) is 9.59 Å². The lowest BCUT2D eigenvalue weighted by Gasteiger charge is -2.19. The van der Waals surface area contributed by atoms with Crippen LogP contribution in [0.2, 0.25) is 0 Å². The first-order valence-electron chi connectivity index (χ1n) is 9.11. The molecule has 0 radical (unpaired) electrons. The van der Waals surface area contributed by atoms with Crippen molar-refractivity contribution in [2.45, 2.75) is 33.3 Å². The van der Waals surface area contributed by atoms with E-state index in [9.17, 15) is 14.4 Å². The molecule has 8 nitrogen and oxygen atoms in total. The Morgan fingerprint density at radius 3 is 2.00 bits per heavy atom. The number of carbonyl (C=O) groups is 3. The number of rotatable bonds is 5. The van der Waals surface area contributed by atoms with Gasteiger partial charge < -0.3 is 14.8 Å². The molecule has 0 aliphatic carbocycles. The Kier molecular flexibility index (Phi) is 7.19. The van der Waals surface area contributed by atoms with E-state index in [2.05, 4.69) is 16.0 Å². The molecule has 2 aromatic rings. The van der Waals surface area contributed by atoms with Gasteiger partial charge in [0.2, 0.25) is 0 Å². The topological polar surface area (TPSA) is 106 Å². The molecule has 0 aliphatic heterocycles. The van der Waals surface area contributed by atoms with Gasteiger partial charge in [-0.3, -0.25) is 15.4 Å². The standard InChI is InChI=1S/C21H25N3O5/c1-5-28-19(26)24-17-8-6-7-14(13-17)18(25)22-15-9-11-16(12-10-15)23-20(27)29-21(2,3)4/h6-13H,5H2,1-4H3,(H,22,25)(H,23,27)(H,24,26). The Morgan fingerprint density at radius 1 is 0.828 bits per heavy atom. The predicted octanol–water partition coefficient (Wildman–Crippen LogP) is 4.85. The normalized spacial score (nSPS) is 10.6. The van der Waals surface area contributed by atoms with Gasteiger partial charge in [0.1, 0.15) is 5.60 Å². The molecule has 0 fully saturated rings. The minimum Gasteiger partial charge on any atom is -0.450 e. The van der Waals surface area contributed by atoms with Crippen molar-refractivity contribution in [1.82, 2.24) is 0 Å². The highest BCUT2D eigenvalue weighted by Crippen LogP contribution is 2.17. The summed E-state index contributed by atoms with van der Waals surface area (Å²) in [5, 5.41) is 7.93. The van der Waals surface area contributed by atoms with Crippen molar-refractivity contribution >= 4 is 35.2 Å². The van der Waals surface area contributed by atoms with Crippen molar-refractivity contribution < 1.29 is 23.9 Å². The maximum atomic E-state index is 12.5. The Balaban J connectivity index is 1.97. The molecule has 0 spiro atoms. The Bertz CT molecular complexity index is 873. The molecular formula is C21H25N3O5. The monoisotopic (exact) mass is 399 g/mol. The zero-order valence-electron chi connectivity index (χ0n) is 16.9. The quantitative estimate of drug-likeness (QED) is 0.666. The molecule has 0 saturated carbocycles.